The molecule has 0 amide bonds. The summed E-state index contributed by atoms with van der Waals surface area (Å²) in [7, 11) is 0. The molecular weight excluding hydrogens is 405 g/mol. The number of hydrogen-bond donors (Lipinski definition) is 1. The first kappa shape index (κ1) is 21.4. The third-order valence-corrected chi connectivity index (χ3v) is 5.45. The molecule has 0 saturated heterocycles. The van der Waals surface area contributed by atoms with Gasteiger partial charge in [-0.1, -0.05) is 41.4 Å². The largest absolute Gasteiger partial charge is 0.490 e. The van der Waals surface area contributed by atoms with Crippen LogP contribution in [0.5, 0.6) is 11.5 Å². The highest BCUT2D eigenvalue weighted by Crippen LogP contribution is 2.32. The van der Waals surface area contributed by atoms with E-state index < -0.39 is 0 Å². The minimum absolute atomic E-state index is 0.277. The summed E-state index contributed by atoms with van der Waals surface area (Å²) >= 11 is 12.5. The first-order valence-electron chi connectivity index (χ1n) is 9.60. The summed E-state index contributed by atoms with van der Waals surface area (Å²) in [5.41, 5.74) is 5.52. The lowest BCUT2D eigenvalue weighted by atomic mass is 10.1. The summed E-state index contributed by atoms with van der Waals surface area (Å²) in [6.07, 6.45) is 0. The molecule has 3 rings (SSSR count). The Hall–Kier alpha value is -2.36. The third kappa shape index (κ3) is 5.59. The molecule has 1 N–H and O–H groups in total. The Morgan fingerprint density at radius 1 is 0.828 bits per heavy atom. The number of hydrogen-bond acceptors (Lipinski definition) is 3. The highest BCUT2D eigenvalue weighted by atomic mass is 35.5. The number of nitrogens with one attached hydrogen (secondary N) is 1. The molecule has 0 aliphatic carbocycles. The fourth-order valence-electron chi connectivity index (χ4n) is 2.93. The molecule has 0 fully saturated rings. The van der Waals surface area contributed by atoms with Crippen LogP contribution >= 0.6 is 23.2 Å². The predicted molar refractivity (Wildman–Crippen MR) is 122 cm³/mol. The second-order valence-corrected chi connectivity index (χ2v) is 7.67. The van der Waals surface area contributed by atoms with Crippen LogP contribution in [0.1, 0.15) is 29.2 Å². The van der Waals surface area contributed by atoms with Gasteiger partial charge in [0.25, 0.3) is 0 Å². The molecule has 5 heteroatoms. The second-order valence-electron chi connectivity index (χ2n) is 6.86. The van der Waals surface area contributed by atoms with E-state index >= 15 is 0 Å². The van der Waals surface area contributed by atoms with Crippen molar-refractivity contribution in [1.29, 1.82) is 0 Å². The molecule has 3 aromatic rings. The zero-order valence-corrected chi connectivity index (χ0v) is 18.4. The first-order chi connectivity index (χ1) is 14.0. The van der Waals surface area contributed by atoms with Crippen LogP contribution in [0.25, 0.3) is 0 Å². The molecule has 0 heterocycles. The lowest BCUT2D eigenvalue weighted by molar-refractivity contribution is 0.269. The molecule has 0 spiro atoms. The van der Waals surface area contributed by atoms with E-state index in [9.17, 15) is 0 Å². The molecule has 3 aromatic carbocycles. The molecule has 0 unspecified atom stereocenters. The van der Waals surface area contributed by atoms with E-state index in [0.29, 0.717) is 34.7 Å². The Kier molecular flexibility index (Phi) is 7.29. The minimum atomic E-state index is 0.277. The zero-order valence-electron chi connectivity index (χ0n) is 16.9. The number of anilines is 1. The molecule has 0 saturated carbocycles. The Morgan fingerprint density at radius 2 is 1.59 bits per heavy atom. The number of halogens is 2. The van der Waals surface area contributed by atoms with Crippen LogP contribution in [0.4, 0.5) is 5.69 Å². The molecule has 3 nitrogen and oxygen atoms in total. The van der Waals surface area contributed by atoms with E-state index in [1.807, 2.05) is 31.2 Å². The van der Waals surface area contributed by atoms with Gasteiger partial charge in [-0.25, -0.2) is 0 Å². The van der Waals surface area contributed by atoms with Gasteiger partial charge >= 0.3 is 0 Å². The molecule has 0 aliphatic heterocycles. The molecule has 152 valence electrons. The maximum absolute atomic E-state index is 6.24. The van der Waals surface area contributed by atoms with Crippen LogP contribution in [-0.2, 0) is 13.2 Å². The van der Waals surface area contributed by atoms with Crippen molar-refractivity contribution >= 4 is 28.9 Å². The van der Waals surface area contributed by atoms with Crippen molar-refractivity contribution in [1.82, 2.24) is 0 Å². The van der Waals surface area contributed by atoms with Crippen LogP contribution < -0.4 is 14.8 Å². The van der Waals surface area contributed by atoms with Gasteiger partial charge in [0.05, 0.1) is 6.61 Å². The summed E-state index contributed by atoms with van der Waals surface area (Å²) in [5.74, 6) is 1.37. The van der Waals surface area contributed by atoms with Crippen molar-refractivity contribution in [3.63, 3.8) is 0 Å². The number of rotatable bonds is 8. The Balaban J connectivity index is 1.71. The third-order valence-electron chi connectivity index (χ3n) is 4.75. The van der Waals surface area contributed by atoms with E-state index in [1.54, 1.807) is 12.1 Å². The van der Waals surface area contributed by atoms with Gasteiger partial charge in [0.1, 0.15) is 6.61 Å². The summed E-state index contributed by atoms with van der Waals surface area (Å²) in [6, 6.07) is 17.8. The molecule has 0 atom stereocenters. The van der Waals surface area contributed by atoms with Gasteiger partial charge < -0.3 is 14.8 Å². The van der Waals surface area contributed by atoms with Crippen molar-refractivity contribution < 1.29 is 9.47 Å². The zero-order chi connectivity index (χ0) is 20.8. The van der Waals surface area contributed by atoms with Crippen molar-refractivity contribution in [2.45, 2.75) is 33.9 Å². The number of ether oxygens (including phenoxy) is 2. The molecule has 0 aliphatic rings. The first-order valence-corrected chi connectivity index (χ1v) is 10.4. The monoisotopic (exact) mass is 429 g/mol. The average Bonchev–Trinajstić information content (AvgIpc) is 2.70. The van der Waals surface area contributed by atoms with Crippen molar-refractivity contribution in [3.8, 4) is 11.5 Å². The summed E-state index contributed by atoms with van der Waals surface area (Å²) in [6.45, 7) is 7.71. The Morgan fingerprint density at radius 3 is 2.28 bits per heavy atom. The smallest absolute Gasteiger partial charge is 0.161 e. The molecular formula is C24H25Cl2NO2. The maximum Gasteiger partial charge on any atom is 0.161 e. The van der Waals surface area contributed by atoms with Gasteiger partial charge in [-0.15, -0.1) is 0 Å². The second kappa shape index (κ2) is 9.91. The summed E-state index contributed by atoms with van der Waals surface area (Å²) in [5, 5.41) is 4.63. The van der Waals surface area contributed by atoms with Gasteiger partial charge in [0.2, 0.25) is 0 Å². The lowest BCUT2D eigenvalue weighted by Gasteiger charge is -2.15. The minimum Gasteiger partial charge on any atom is -0.490 e. The quantitative estimate of drug-likeness (QED) is 0.410. The van der Waals surface area contributed by atoms with E-state index in [1.165, 1.54) is 11.1 Å². The van der Waals surface area contributed by atoms with E-state index in [0.717, 1.165) is 16.8 Å². The highest BCUT2D eigenvalue weighted by Gasteiger charge is 2.11. The van der Waals surface area contributed by atoms with Crippen molar-refractivity contribution in [2.24, 2.45) is 0 Å². The van der Waals surface area contributed by atoms with E-state index in [2.05, 4.69) is 37.4 Å². The van der Waals surface area contributed by atoms with Gasteiger partial charge in [0, 0.05) is 27.8 Å². The fourth-order valence-corrected chi connectivity index (χ4v) is 3.43. The molecule has 0 bridgehead atoms. The lowest BCUT2D eigenvalue weighted by Crippen LogP contribution is -2.04. The number of aryl methyl sites for hydroxylation is 2. The SMILES string of the molecule is CCOc1cc(CNc2ccc(C)c(C)c2)ccc1OCc1c(Cl)cccc1Cl. The standard InChI is InChI=1S/C24H25Cl2NO2/c1-4-28-24-13-18(14-27-19-10-8-16(2)17(3)12-19)9-11-23(24)29-15-20-21(25)6-5-7-22(20)26/h5-13,27H,4,14-15H2,1-3H3. The molecule has 0 radical (unpaired) electrons. The molecule has 0 aromatic heterocycles. The summed E-state index contributed by atoms with van der Waals surface area (Å²) < 4.78 is 11.8. The number of benzene rings is 3. The van der Waals surface area contributed by atoms with Crippen LogP contribution in [0, 0.1) is 13.8 Å². The van der Waals surface area contributed by atoms with Crippen molar-refractivity contribution in [2.75, 3.05) is 11.9 Å². The van der Waals surface area contributed by atoms with E-state index in [-0.39, 0.29) is 6.61 Å². The highest BCUT2D eigenvalue weighted by molar-refractivity contribution is 6.35. The van der Waals surface area contributed by atoms with Crippen LogP contribution in [0.2, 0.25) is 10.0 Å². The van der Waals surface area contributed by atoms with Gasteiger partial charge in [-0.05, 0) is 73.9 Å². The van der Waals surface area contributed by atoms with Crippen LogP contribution in [0.15, 0.2) is 54.6 Å². The average molecular weight is 430 g/mol. The Bertz CT molecular complexity index is 968. The normalized spacial score (nSPS) is 10.7. The fraction of sp³-hybridized carbons (Fsp3) is 0.250. The van der Waals surface area contributed by atoms with Gasteiger partial charge in [-0.3, -0.25) is 0 Å². The van der Waals surface area contributed by atoms with Gasteiger partial charge in [0.15, 0.2) is 11.5 Å². The van der Waals surface area contributed by atoms with Crippen molar-refractivity contribution in [3.05, 3.63) is 86.9 Å². The van der Waals surface area contributed by atoms with Crippen LogP contribution in [-0.4, -0.2) is 6.61 Å². The Labute approximate surface area is 182 Å². The van der Waals surface area contributed by atoms with Crippen LogP contribution in [0.3, 0.4) is 0 Å². The van der Waals surface area contributed by atoms with E-state index in [4.69, 9.17) is 32.7 Å². The maximum atomic E-state index is 6.24. The summed E-state index contributed by atoms with van der Waals surface area (Å²) in [4.78, 5) is 0. The topological polar surface area (TPSA) is 30.5 Å². The van der Waals surface area contributed by atoms with Gasteiger partial charge in [-0.2, -0.15) is 0 Å². The molecule has 29 heavy (non-hydrogen) atoms. The predicted octanol–water partition coefficient (Wildman–Crippen LogP) is 7.20.